The van der Waals surface area contributed by atoms with E-state index in [9.17, 15) is 24.9 Å². The molecule has 1 aromatic rings. The molecule has 1 fully saturated rings. The van der Waals surface area contributed by atoms with Gasteiger partial charge < -0.3 is 40.5 Å². The summed E-state index contributed by atoms with van der Waals surface area (Å²) in [4.78, 5) is 23.4. The van der Waals surface area contributed by atoms with Gasteiger partial charge in [0.1, 0.15) is 37.5 Å². The second-order valence-corrected chi connectivity index (χ2v) is 5.74. The van der Waals surface area contributed by atoms with Crippen LogP contribution in [0.4, 0.5) is 4.79 Å². The van der Waals surface area contributed by atoms with Crippen LogP contribution in [0.5, 0.6) is 0 Å². The van der Waals surface area contributed by atoms with Gasteiger partial charge in [-0.15, -0.1) is 0 Å². The third-order valence-corrected chi connectivity index (χ3v) is 3.83. The number of alkyl carbamates (subject to hydrolysis) is 1. The predicted molar refractivity (Wildman–Crippen MR) is 86.5 cm³/mol. The number of aliphatic hydroxyl groups is 4. The summed E-state index contributed by atoms with van der Waals surface area (Å²) >= 11 is 0. The zero-order chi connectivity index (χ0) is 19.1. The molecule has 0 saturated carbocycles. The second-order valence-electron chi connectivity index (χ2n) is 5.74. The Kier molecular flexibility index (Phi) is 7.30. The Morgan fingerprint density at radius 1 is 1.12 bits per heavy atom. The maximum absolute atomic E-state index is 11.8. The van der Waals surface area contributed by atoms with Gasteiger partial charge in [-0.25, -0.2) is 4.79 Å². The van der Waals surface area contributed by atoms with Crippen LogP contribution < -0.4 is 10.6 Å². The van der Waals surface area contributed by atoms with Crippen molar-refractivity contribution in [2.45, 2.75) is 37.3 Å². The van der Waals surface area contributed by atoms with Crippen molar-refractivity contribution < 1.29 is 39.5 Å². The highest BCUT2D eigenvalue weighted by Crippen LogP contribution is 2.19. The van der Waals surface area contributed by atoms with Crippen molar-refractivity contribution in [3.05, 3.63) is 35.9 Å². The number of hydrogen-bond donors (Lipinski definition) is 6. The van der Waals surface area contributed by atoms with Gasteiger partial charge in [0.2, 0.25) is 5.91 Å². The van der Waals surface area contributed by atoms with Gasteiger partial charge in [0.25, 0.3) is 0 Å². The number of aliphatic hydroxyl groups excluding tert-OH is 4. The Bertz CT molecular complexity index is 599. The van der Waals surface area contributed by atoms with Crippen LogP contribution in [0.15, 0.2) is 30.3 Å². The Labute approximate surface area is 149 Å². The van der Waals surface area contributed by atoms with E-state index in [1.54, 1.807) is 24.3 Å². The fourth-order valence-electron chi connectivity index (χ4n) is 2.42. The van der Waals surface area contributed by atoms with E-state index in [4.69, 9.17) is 14.6 Å². The van der Waals surface area contributed by atoms with Crippen molar-refractivity contribution >= 4 is 12.0 Å². The number of carbonyl (C=O) groups is 2. The number of benzene rings is 1. The van der Waals surface area contributed by atoms with Crippen LogP contribution in [-0.4, -0.2) is 76.2 Å². The highest BCUT2D eigenvalue weighted by atomic mass is 16.6. The molecule has 1 aliphatic heterocycles. The van der Waals surface area contributed by atoms with Gasteiger partial charge in [0.05, 0.1) is 6.61 Å². The van der Waals surface area contributed by atoms with Gasteiger partial charge in [-0.05, 0) is 5.56 Å². The average molecular weight is 370 g/mol. The smallest absolute Gasteiger partial charge is 0.407 e. The predicted octanol–water partition coefficient (Wildman–Crippen LogP) is -2.17. The van der Waals surface area contributed by atoms with Crippen molar-refractivity contribution in [3.63, 3.8) is 0 Å². The van der Waals surface area contributed by atoms with Crippen molar-refractivity contribution in [1.29, 1.82) is 0 Å². The fraction of sp³-hybridized carbons (Fsp3) is 0.500. The van der Waals surface area contributed by atoms with E-state index in [1.807, 2.05) is 6.07 Å². The molecule has 6 N–H and O–H groups in total. The summed E-state index contributed by atoms with van der Waals surface area (Å²) in [6.45, 7) is -1.04. The lowest BCUT2D eigenvalue weighted by atomic mass is 9.97. The maximum atomic E-state index is 11.8. The van der Waals surface area contributed by atoms with E-state index in [0.29, 0.717) is 0 Å². The molecule has 1 saturated heterocycles. The van der Waals surface area contributed by atoms with Crippen LogP contribution in [0.2, 0.25) is 0 Å². The topological polar surface area (TPSA) is 158 Å². The molecule has 144 valence electrons. The SMILES string of the molecule is O=C(CNC(=O)OCc1ccccc1)N[C@H]1[C@@H](O)[C@@H](O)[C@@H](CO)O[C@H]1O. The summed E-state index contributed by atoms with van der Waals surface area (Å²) < 4.78 is 9.85. The lowest BCUT2D eigenvalue weighted by molar-refractivity contribution is -0.253. The van der Waals surface area contributed by atoms with E-state index in [1.165, 1.54) is 0 Å². The zero-order valence-corrected chi connectivity index (χ0v) is 13.8. The molecule has 2 amide bonds. The molecular weight excluding hydrogens is 348 g/mol. The molecule has 0 aromatic heterocycles. The molecular formula is C16H22N2O8. The van der Waals surface area contributed by atoms with E-state index in [0.717, 1.165) is 5.56 Å². The molecule has 10 heteroatoms. The summed E-state index contributed by atoms with van der Waals surface area (Å²) in [6, 6.07) is 7.65. The number of amides is 2. The van der Waals surface area contributed by atoms with E-state index in [2.05, 4.69) is 10.6 Å². The van der Waals surface area contributed by atoms with Crippen molar-refractivity contribution in [3.8, 4) is 0 Å². The van der Waals surface area contributed by atoms with Gasteiger partial charge in [-0.3, -0.25) is 4.79 Å². The van der Waals surface area contributed by atoms with Crippen molar-refractivity contribution in [2.75, 3.05) is 13.2 Å². The quantitative estimate of drug-likeness (QED) is 0.330. The van der Waals surface area contributed by atoms with Crippen LogP contribution >= 0.6 is 0 Å². The second kappa shape index (κ2) is 9.46. The number of rotatable bonds is 6. The lowest BCUT2D eigenvalue weighted by Gasteiger charge is -2.40. The Hall–Kier alpha value is -2.24. The minimum atomic E-state index is -1.63. The molecule has 1 aliphatic rings. The minimum Gasteiger partial charge on any atom is -0.445 e. The summed E-state index contributed by atoms with van der Waals surface area (Å²) in [5.41, 5.74) is 0.783. The van der Waals surface area contributed by atoms with E-state index in [-0.39, 0.29) is 6.61 Å². The molecule has 10 nitrogen and oxygen atoms in total. The third kappa shape index (κ3) is 5.38. The first-order valence-electron chi connectivity index (χ1n) is 7.96. The minimum absolute atomic E-state index is 0.0386. The molecule has 0 bridgehead atoms. The Balaban J connectivity index is 1.75. The van der Waals surface area contributed by atoms with Crippen molar-refractivity contribution in [2.24, 2.45) is 0 Å². The highest BCUT2D eigenvalue weighted by molar-refractivity contribution is 5.82. The van der Waals surface area contributed by atoms with Gasteiger partial charge in [-0.2, -0.15) is 0 Å². The number of hydrogen-bond acceptors (Lipinski definition) is 8. The standard InChI is InChI=1S/C16H22N2O8/c19-7-10-13(21)14(22)12(15(23)26-10)18-11(20)6-17-16(24)25-8-9-4-2-1-3-5-9/h1-5,10,12-15,19,21-23H,6-8H2,(H,17,24)(H,18,20)/t10-,12+,13+,14-,15-/m1/s1. The first kappa shape index (κ1) is 20.1. The first-order valence-corrected chi connectivity index (χ1v) is 7.96. The molecule has 1 aromatic carbocycles. The maximum Gasteiger partial charge on any atom is 0.407 e. The number of nitrogens with one attached hydrogen (secondary N) is 2. The van der Waals surface area contributed by atoms with Crippen LogP contribution in [0.25, 0.3) is 0 Å². The monoisotopic (exact) mass is 370 g/mol. The third-order valence-electron chi connectivity index (χ3n) is 3.83. The summed E-state index contributed by atoms with van der Waals surface area (Å²) in [5, 5.41) is 42.9. The molecule has 0 unspecified atom stereocenters. The number of carbonyl (C=O) groups excluding carboxylic acids is 2. The summed E-state index contributed by atoms with van der Waals surface area (Å²) in [5.74, 6) is -0.733. The Morgan fingerprint density at radius 3 is 2.46 bits per heavy atom. The van der Waals surface area contributed by atoms with Gasteiger partial charge in [0, 0.05) is 0 Å². The average Bonchev–Trinajstić information content (AvgIpc) is 2.65. The lowest BCUT2D eigenvalue weighted by Crippen LogP contribution is -2.64. The first-order chi connectivity index (χ1) is 12.4. The van der Waals surface area contributed by atoms with E-state index >= 15 is 0 Å². The molecule has 0 aliphatic carbocycles. The van der Waals surface area contributed by atoms with Crippen LogP contribution in [0, 0.1) is 0 Å². The molecule has 5 atom stereocenters. The van der Waals surface area contributed by atoms with Crippen molar-refractivity contribution in [1.82, 2.24) is 10.6 Å². The Morgan fingerprint density at radius 2 is 1.81 bits per heavy atom. The largest absolute Gasteiger partial charge is 0.445 e. The fourth-order valence-corrected chi connectivity index (χ4v) is 2.42. The number of ether oxygens (including phenoxy) is 2. The molecule has 0 radical (unpaired) electrons. The molecule has 0 spiro atoms. The molecule has 2 rings (SSSR count). The van der Waals surface area contributed by atoms with Crippen LogP contribution in [0.3, 0.4) is 0 Å². The van der Waals surface area contributed by atoms with Crippen LogP contribution in [-0.2, 0) is 20.9 Å². The normalized spacial score (nSPS) is 28.2. The van der Waals surface area contributed by atoms with Gasteiger partial charge >= 0.3 is 6.09 Å². The summed E-state index contributed by atoms with van der Waals surface area (Å²) in [7, 11) is 0. The van der Waals surface area contributed by atoms with Crippen LogP contribution in [0.1, 0.15) is 5.56 Å². The van der Waals surface area contributed by atoms with Gasteiger partial charge in [0.15, 0.2) is 6.29 Å². The summed E-state index contributed by atoms with van der Waals surface area (Å²) in [6.07, 6.45) is -6.65. The molecule has 1 heterocycles. The molecule has 26 heavy (non-hydrogen) atoms. The van der Waals surface area contributed by atoms with Gasteiger partial charge in [-0.1, -0.05) is 30.3 Å². The van der Waals surface area contributed by atoms with E-state index < -0.39 is 55.8 Å². The zero-order valence-electron chi connectivity index (χ0n) is 13.8. The highest BCUT2D eigenvalue weighted by Gasteiger charge is 2.44.